The van der Waals surface area contributed by atoms with Gasteiger partial charge in [-0.3, -0.25) is 9.69 Å². The highest BCUT2D eigenvalue weighted by molar-refractivity contribution is 6.53. The van der Waals surface area contributed by atoms with Gasteiger partial charge in [-0.15, -0.1) is 23.2 Å². The first-order valence-electron chi connectivity index (χ1n) is 6.31. The molecule has 2 atom stereocenters. The van der Waals surface area contributed by atoms with Crippen molar-refractivity contribution >= 4 is 29.1 Å². The number of rotatable bonds is 4. The molecule has 5 heteroatoms. The summed E-state index contributed by atoms with van der Waals surface area (Å²) in [5.74, 6) is -0.00884. The van der Waals surface area contributed by atoms with Gasteiger partial charge in [-0.05, 0) is 39.3 Å². The summed E-state index contributed by atoms with van der Waals surface area (Å²) in [6.45, 7) is 6.89. The van der Waals surface area contributed by atoms with Gasteiger partial charge in [-0.2, -0.15) is 0 Å². The Kier molecular flexibility index (Phi) is 3.64. The monoisotopic (exact) mass is 278 g/mol. The van der Waals surface area contributed by atoms with E-state index in [0.29, 0.717) is 19.0 Å². The van der Waals surface area contributed by atoms with E-state index >= 15 is 0 Å². The lowest BCUT2D eigenvalue weighted by molar-refractivity contribution is -0.126. The smallest absolute Gasteiger partial charge is 0.229 e. The third-order valence-corrected chi connectivity index (χ3v) is 5.26. The van der Waals surface area contributed by atoms with Gasteiger partial charge in [-0.25, -0.2) is 0 Å². The quantitative estimate of drug-likeness (QED) is 0.800. The summed E-state index contributed by atoms with van der Waals surface area (Å²) in [5, 5.41) is 3.00. The molecule has 0 aromatic heterocycles. The third-order valence-electron chi connectivity index (χ3n) is 4.16. The molecule has 3 nitrogen and oxygen atoms in total. The zero-order valence-electron chi connectivity index (χ0n) is 10.4. The van der Waals surface area contributed by atoms with Crippen LogP contribution in [0.2, 0.25) is 0 Å². The van der Waals surface area contributed by atoms with Crippen LogP contribution < -0.4 is 5.32 Å². The van der Waals surface area contributed by atoms with Crippen molar-refractivity contribution in [3.05, 3.63) is 0 Å². The fraction of sp³-hybridized carbons (Fsp3) is 0.917. The lowest BCUT2D eigenvalue weighted by Crippen LogP contribution is -2.43. The summed E-state index contributed by atoms with van der Waals surface area (Å²) in [6.07, 6.45) is 2.94. The Morgan fingerprint density at radius 2 is 2.18 bits per heavy atom. The molecular weight excluding hydrogens is 259 g/mol. The van der Waals surface area contributed by atoms with E-state index in [4.69, 9.17) is 23.2 Å². The molecule has 0 aromatic carbocycles. The van der Waals surface area contributed by atoms with E-state index in [9.17, 15) is 4.79 Å². The van der Waals surface area contributed by atoms with E-state index in [2.05, 4.69) is 17.1 Å². The molecule has 0 bridgehead atoms. The Morgan fingerprint density at radius 1 is 1.53 bits per heavy atom. The number of nitrogens with one attached hydrogen (secondary N) is 1. The fourth-order valence-electron chi connectivity index (χ4n) is 2.59. The molecule has 2 rings (SSSR count). The maximum atomic E-state index is 12.0. The van der Waals surface area contributed by atoms with Crippen molar-refractivity contribution in [1.29, 1.82) is 0 Å². The van der Waals surface area contributed by atoms with Crippen molar-refractivity contribution in [2.45, 2.75) is 43.5 Å². The standard InChI is InChI=1S/C12H20Cl2N2O/c1-3-16-6-4-5-9(16)7-15-10(17)11(2)8-12(11,13)14/h9H,3-8H2,1-2H3,(H,15,17)/t9-,11-/m0/s1. The lowest BCUT2D eigenvalue weighted by Gasteiger charge is -2.24. The highest BCUT2D eigenvalue weighted by atomic mass is 35.5. The second kappa shape index (κ2) is 4.60. The molecule has 0 aromatic rings. The van der Waals surface area contributed by atoms with Crippen LogP contribution in [0.4, 0.5) is 0 Å². The molecule has 1 N–H and O–H groups in total. The van der Waals surface area contributed by atoms with Crippen molar-refractivity contribution in [2.24, 2.45) is 5.41 Å². The number of hydrogen-bond donors (Lipinski definition) is 1. The predicted molar refractivity (Wildman–Crippen MR) is 70.4 cm³/mol. The number of nitrogens with zero attached hydrogens (tertiary/aromatic N) is 1. The Balaban J connectivity index is 1.81. The molecule has 98 valence electrons. The van der Waals surface area contributed by atoms with E-state index in [1.165, 1.54) is 6.42 Å². The van der Waals surface area contributed by atoms with Gasteiger partial charge in [0.1, 0.15) is 4.33 Å². The predicted octanol–water partition coefficient (Wildman–Crippen LogP) is 2.17. The number of likely N-dealkylation sites (N-methyl/N-ethyl adjacent to an activating group) is 1. The second-order valence-corrected chi connectivity index (χ2v) is 6.83. The maximum Gasteiger partial charge on any atom is 0.229 e. The van der Waals surface area contributed by atoms with Crippen molar-refractivity contribution in [3.8, 4) is 0 Å². The van der Waals surface area contributed by atoms with E-state index in [1.54, 1.807) is 0 Å². The molecule has 0 unspecified atom stereocenters. The van der Waals surface area contributed by atoms with Crippen LogP contribution >= 0.6 is 23.2 Å². The molecule has 0 radical (unpaired) electrons. The first-order valence-corrected chi connectivity index (χ1v) is 7.06. The summed E-state index contributed by atoms with van der Waals surface area (Å²) in [6, 6.07) is 0.478. The van der Waals surface area contributed by atoms with Gasteiger partial charge in [0.15, 0.2) is 0 Å². The SMILES string of the molecule is CCN1CCC[C@H]1CNC(=O)[C@]1(C)CC1(Cl)Cl. The van der Waals surface area contributed by atoms with Gasteiger partial charge in [0.25, 0.3) is 0 Å². The van der Waals surface area contributed by atoms with Crippen LogP contribution in [0, 0.1) is 5.41 Å². The van der Waals surface area contributed by atoms with E-state index in [-0.39, 0.29) is 5.91 Å². The number of carbonyl (C=O) groups excluding carboxylic acids is 1. The fourth-order valence-corrected chi connectivity index (χ4v) is 3.30. The zero-order chi connectivity index (χ0) is 12.7. The van der Waals surface area contributed by atoms with E-state index in [1.807, 2.05) is 6.92 Å². The molecular formula is C12H20Cl2N2O. The number of amides is 1. The van der Waals surface area contributed by atoms with Gasteiger partial charge in [0, 0.05) is 12.6 Å². The molecule has 1 heterocycles. The minimum absolute atomic E-state index is 0.00884. The van der Waals surface area contributed by atoms with Crippen molar-refractivity contribution < 1.29 is 4.79 Å². The average Bonchev–Trinajstić information content (AvgIpc) is 2.67. The molecule has 1 saturated heterocycles. The lowest BCUT2D eigenvalue weighted by atomic mass is 10.1. The summed E-state index contributed by atoms with van der Waals surface area (Å²) in [4.78, 5) is 14.4. The highest BCUT2D eigenvalue weighted by Gasteiger charge is 2.67. The van der Waals surface area contributed by atoms with Crippen molar-refractivity contribution in [2.75, 3.05) is 19.6 Å². The molecule has 1 saturated carbocycles. The minimum atomic E-state index is -0.864. The van der Waals surface area contributed by atoms with Gasteiger partial charge in [-0.1, -0.05) is 6.92 Å². The largest absolute Gasteiger partial charge is 0.354 e. The first kappa shape index (κ1) is 13.4. The van der Waals surface area contributed by atoms with E-state index in [0.717, 1.165) is 19.5 Å². The number of halogens is 2. The normalized spacial score (nSPS) is 35.9. The van der Waals surface area contributed by atoms with E-state index < -0.39 is 9.75 Å². The number of hydrogen-bond acceptors (Lipinski definition) is 2. The van der Waals surface area contributed by atoms with Crippen LogP contribution in [0.15, 0.2) is 0 Å². The number of alkyl halides is 2. The Bertz CT molecular complexity index is 322. The van der Waals surface area contributed by atoms with Crippen LogP contribution in [-0.4, -0.2) is 40.8 Å². The highest BCUT2D eigenvalue weighted by Crippen LogP contribution is 2.63. The second-order valence-electron chi connectivity index (χ2n) is 5.35. The minimum Gasteiger partial charge on any atom is -0.354 e. The van der Waals surface area contributed by atoms with Gasteiger partial charge < -0.3 is 5.32 Å². The topological polar surface area (TPSA) is 32.3 Å². The first-order chi connectivity index (χ1) is 7.90. The summed E-state index contributed by atoms with van der Waals surface area (Å²) < 4.78 is -0.864. The van der Waals surface area contributed by atoms with Crippen LogP contribution in [0.3, 0.4) is 0 Å². The van der Waals surface area contributed by atoms with Crippen LogP contribution in [0.25, 0.3) is 0 Å². The molecule has 2 aliphatic rings. The number of carbonyl (C=O) groups is 1. The van der Waals surface area contributed by atoms with Crippen LogP contribution in [-0.2, 0) is 4.79 Å². The Labute approximate surface area is 113 Å². The molecule has 17 heavy (non-hydrogen) atoms. The Morgan fingerprint density at radius 3 is 2.71 bits per heavy atom. The molecule has 0 spiro atoms. The summed E-state index contributed by atoms with van der Waals surface area (Å²) in [7, 11) is 0. The Hall–Kier alpha value is 0.01000. The number of likely N-dealkylation sites (tertiary alicyclic amines) is 1. The van der Waals surface area contributed by atoms with Crippen molar-refractivity contribution in [3.63, 3.8) is 0 Å². The van der Waals surface area contributed by atoms with Crippen molar-refractivity contribution in [1.82, 2.24) is 10.2 Å². The molecule has 2 fully saturated rings. The third kappa shape index (κ3) is 2.42. The van der Waals surface area contributed by atoms with Crippen LogP contribution in [0.1, 0.15) is 33.1 Å². The average molecular weight is 279 g/mol. The summed E-state index contributed by atoms with van der Waals surface area (Å²) in [5.41, 5.74) is -0.592. The van der Waals surface area contributed by atoms with Gasteiger partial charge in [0.2, 0.25) is 5.91 Å². The summed E-state index contributed by atoms with van der Waals surface area (Å²) >= 11 is 12.0. The molecule has 1 amide bonds. The molecule has 1 aliphatic carbocycles. The van der Waals surface area contributed by atoms with Gasteiger partial charge >= 0.3 is 0 Å². The zero-order valence-corrected chi connectivity index (χ0v) is 11.9. The van der Waals surface area contributed by atoms with Gasteiger partial charge in [0.05, 0.1) is 5.41 Å². The maximum absolute atomic E-state index is 12.0. The van der Waals surface area contributed by atoms with Crippen LogP contribution in [0.5, 0.6) is 0 Å². The molecule has 1 aliphatic heterocycles.